The predicted octanol–water partition coefficient (Wildman–Crippen LogP) is 5.84. The van der Waals surface area contributed by atoms with Crippen LogP contribution in [-0.4, -0.2) is 10.8 Å². The largest absolute Gasteiger partial charge is 0.344 e. The minimum absolute atomic E-state index is 0.969. The molecule has 4 rings (SSSR count). The molecule has 1 heterocycles. The molecule has 0 amide bonds. The van der Waals surface area contributed by atoms with Crippen LogP contribution in [0, 0.1) is 0 Å². The summed E-state index contributed by atoms with van der Waals surface area (Å²) < 4.78 is 3.30. The molecule has 3 heteroatoms. The number of para-hydroxylation sites is 1. The van der Waals surface area contributed by atoms with E-state index < -0.39 is 0 Å². The molecule has 23 heavy (non-hydrogen) atoms. The second-order valence-corrected chi connectivity index (χ2v) is 6.50. The molecule has 0 radical (unpaired) electrons. The Bertz CT molecular complexity index is 1030. The number of aryl methyl sites for hydroxylation is 1. The standard InChI is InChI=1S/C20H15BrN2/c1-23-19-5-3-2-4-17(19)18-12-16(10-11-20(18)23)22-13-14-6-8-15(21)9-7-14/h2-13H,1H3. The molecule has 1 aromatic heterocycles. The first-order valence-corrected chi connectivity index (χ1v) is 8.28. The highest BCUT2D eigenvalue weighted by atomic mass is 79.9. The van der Waals surface area contributed by atoms with Gasteiger partial charge in [-0.25, -0.2) is 0 Å². The summed E-state index contributed by atoms with van der Waals surface area (Å²) in [6.45, 7) is 0. The number of benzene rings is 3. The van der Waals surface area contributed by atoms with Gasteiger partial charge in [-0.3, -0.25) is 4.99 Å². The van der Waals surface area contributed by atoms with Crippen molar-refractivity contribution in [1.82, 2.24) is 4.57 Å². The van der Waals surface area contributed by atoms with Crippen molar-refractivity contribution in [1.29, 1.82) is 0 Å². The first kappa shape index (κ1) is 14.2. The maximum atomic E-state index is 4.62. The Hall–Kier alpha value is -2.39. The van der Waals surface area contributed by atoms with Crippen LogP contribution in [0.1, 0.15) is 5.56 Å². The van der Waals surface area contributed by atoms with Crippen LogP contribution >= 0.6 is 15.9 Å². The van der Waals surface area contributed by atoms with E-state index >= 15 is 0 Å². The van der Waals surface area contributed by atoms with E-state index in [4.69, 9.17) is 0 Å². The molecule has 0 aliphatic heterocycles. The third-order valence-corrected chi connectivity index (χ3v) is 4.66. The van der Waals surface area contributed by atoms with Crippen LogP contribution in [0.25, 0.3) is 21.8 Å². The quantitative estimate of drug-likeness (QED) is 0.398. The fraction of sp³-hybridized carbons (Fsp3) is 0.0500. The van der Waals surface area contributed by atoms with Crippen molar-refractivity contribution in [2.24, 2.45) is 12.0 Å². The maximum absolute atomic E-state index is 4.62. The number of nitrogens with zero attached hydrogens (tertiary/aromatic N) is 2. The zero-order valence-corrected chi connectivity index (χ0v) is 14.3. The molecule has 0 fully saturated rings. The van der Waals surface area contributed by atoms with E-state index in [0.29, 0.717) is 0 Å². The van der Waals surface area contributed by atoms with Gasteiger partial charge in [0.15, 0.2) is 0 Å². The lowest BCUT2D eigenvalue weighted by Gasteiger charge is -1.98. The topological polar surface area (TPSA) is 17.3 Å². The van der Waals surface area contributed by atoms with Crippen molar-refractivity contribution in [3.05, 3.63) is 76.8 Å². The third kappa shape index (κ3) is 2.57. The van der Waals surface area contributed by atoms with E-state index in [0.717, 1.165) is 15.7 Å². The van der Waals surface area contributed by atoms with Gasteiger partial charge in [0.2, 0.25) is 0 Å². The summed E-state index contributed by atoms with van der Waals surface area (Å²) in [6.07, 6.45) is 1.90. The predicted molar refractivity (Wildman–Crippen MR) is 102 cm³/mol. The minimum atomic E-state index is 0.969. The molecule has 4 aromatic rings. The number of aromatic nitrogens is 1. The molecule has 3 aromatic carbocycles. The fourth-order valence-corrected chi connectivity index (χ4v) is 3.20. The van der Waals surface area contributed by atoms with Gasteiger partial charge in [-0.2, -0.15) is 0 Å². The Morgan fingerprint density at radius 3 is 2.43 bits per heavy atom. The minimum Gasteiger partial charge on any atom is -0.344 e. The van der Waals surface area contributed by atoms with E-state index in [9.17, 15) is 0 Å². The van der Waals surface area contributed by atoms with Crippen LogP contribution in [0.2, 0.25) is 0 Å². The maximum Gasteiger partial charge on any atom is 0.0637 e. The summed E-state index contributed by atoms with van der Waals surface area (Å²) in [7, 11) is 2.11. The highest BCUT2D eigenvalue weighted by Crippen LogP contribution is 2.30. The monoisotopic (exact) mass is 362 g/mol. The van der Waals surface area contributed by atoms with Crippen LogP contribution in [0.4, 0.5) is 5.69 Å². The first-order chi connectivity index (χ1) is 11.2. The number of fused-ring (bicyclic) bond motifs is 3. The zero-order valence-electron chi connectivity index (χ0n) is 12.7. The number of hydrogen-bond acceptors (Lipinski definition) is 1. The van der Waals surface area contributed by atoms with Gasteiger partial charge >= 0.3 is 0 Å². The molecule has 0 N–H and O–H groups in total. The highest BCUT2D eigenvalue weighted by Gasteiger charge is 2.07. The summed E-state index contributed by atoms with van der Waals surface area (Å²) in [5.41, 5.74) is 4.54. The second kappa shape index (κ2) is 5.67. The molecule has 0 aliphatic carbocycles. The van der Waals surface area contributed by atoms with Crippen molar-refractivity contribution in [3.8, 4) is 0 Å². The van der Waals surface area contributed by atoms with Crippen LogP contribution in [-0.2, 0) is 7.05 Å². The number of rotatable bonds is 2. The molecule has 0 saturated heterocycles. The Balaban J connectivity index is 1.79. The molecule has 0 bridgehead atoms. The van der Waals surface area contributed by atoms with E-state index in [2.05, 4.69) is 75.0 Å². The molecule has 0 atom stereocenters. The molecular formula is C20H15BrN2. The number of halogens is 1. The molecule has 0 unspecified atom stereocenters. The van der Waals surface area contributed by atoms with Gasteiger partial charge in [-0.1, -0.05) is 46.3 Å². The summed E-state index contributed by atoms with van der Waals surface area (Å²) in [4.78, 5) is 4.62. The summed E-state index contributed by atoms with van der Waals surface area (Å²) >= 11 is 3.45. The van der Waals surface area contributed by atoms with Gasteiger partial charge in [0.1, 0.15) is 0 Å². The Morgan fingerprint density at radius 2 is 1.61 bits per heavy atom. The molecule has 2 nitrogen and oxygen atoms in total. The lowest BCUT2D eigenvalue weighted by atomic mass is 10.1. The van der Waals surface area contributed by atoms with Crippen LogP contribution in [0.15, 0.2) is 76.2 Å². The normalized spacial score (nSPS) is 11.7. The van der Waals surface area contributed by atoms with Crippen molar-refractivity contribution >= 4 is 49.6 Å². The van der Waals surface area contributed by atoms with Gasteiger partial charge in [-0.05, 0) is 42.0 Å². The first-order valence-electron chi connectivity index (χ1n) is 7.49. The molecule has 0 spiro atoms. The molecule has 0 aliphatic rings. The van der Waals surface area contributed by atoms with E-state index in [1.165, 1.54) is 21.8 Å². The average molecular weight is 363 g/mol. The Morgan fingerprint density at radius 1 is 0.870 bits per heavy atom. The number of hydrogen-bond donors (Lipinski definition) is 0. The summed E-state index contributed by atoms with van der Waals surface area (Å²) in [6, 6.07) is 23.0. The fourth-order valence-electron chi connectivity index (χ4n) is 2.93. The average Bonchev–Trinajstić information content (AvgIpc) is 2.87. The van der Waals surface area contributed by atoms with Crippen LogP contribution < -0.4 is 0 Å². The Labute approximate surface area is 143 Å². The van der Waals surface area contributed by atoms with Gasteiger partial charge in [0.25, 0.3) is 0 Å². The summed E-state index contributed by atoms with van der Waals surface area (Å²) in [5, 5.41) is 2.51. The SMILES string of the molecule is Cn1c2ccccc2c2cc(N=Cc3ccc(Br)cc3)ccc21. The lowest BCUT2D eigenvalue weighted by Crippen LogP contribution is -1.85. The van der Waals surface area contributed by atoms with Gasteiger partial charge in [0, 0.05) is 39.5 Å². The van der Waals surface area contributed by atoms with Crippen molar-refractivity contribution < 1.29 is 0 Å². The van der Waals surface area contributed by atoms with Crippen molar-refractivity contribution in [2.75, 3.05) is 0 Å². The van der Waals surface area contributed by atoms with Crippen molar-refractivity contribution in [3.63, 3.8) is 0 Å². The molecule has 0 saturated carbocycles. The van der Waals surface area contributed by atoms with E-state index in [1.807, 2.05) is 30.5 Å². The van der Waals surface area contributed by atoms with E-state index in [-0.39, 0.29) is 0 Å². The molecular weight excluding hydrogens is 348 g/mol. The summed E-state index contributed by atoms with van der Waals surface area (Å²) in [5.74, 6) is 0. The van der Waals surface area contributed by atoms with Gasteiger partial charge in [-0.15, -0.1) is 0 Å². The van der Waals surface area contributed by atoms with Crippen LogP contribution in [0.3, 0.4) is 0 Å². The number of aliphatic imine (C=N–C) groups is 1. The van der Waals surface area contributed by atoms with Crippen molar-refractivity contribution in [2.45, 2.75) is 0 Å². The Kier molecular flexibility index (Phi) is 3.50. The smallest absolute Gasteiger partial charge is 0.0637 e. The highest BCUT2D eigenvalue weighted by molar-refractivity contribution is 9.10. The third-order valence-electron chi connectivity index (χ3n) is 4.13. The van der Waals surface area contributed by atoms with Gasteiger partial charge in [0.05, 0.1) is 5.69 Å². The van der Waals surface area contributed by atoms with Gasteiger partial charge < -0.3 is 4.57 Å². The molecule has 112 valence electrons. The zero-order chi connectivity index (χ0) is 15.8. The van der Waals surface area contributed by atoms with Crippen LogP contribution in [0.5, 0.6) is 0 Å². The lowest BCUT2D eigenvalue weighted by molar-refractivity contribution is 1.01. The second-order valence-electron chi connectivity index (χ2n) is 5.59. The van der Waals surface area contributed by atoms with E-state index in [1.54, 1.807) is 0 Å².